The molecule has 20 aromatic rings. The fourth-order valence-electron chi connectivity index (χ4n) is 19.3. The van der Waals surface area contributed by atoms with Gasteiger partial charge in [-0.1, -0.05) is 136 Å². The summed E-state index contributed by atoms with van der Waals surface area (Å²) >= 11 is 3.41. The van der Waals surface area contributed by atoms with E-state index in [4.69, 9.17) is 58.3 Å². The SMILES string of the molecule is C=C1CCCN1Cc1nc2c([nH]1)c(N)nc1cc(-c3ccc(C)cc3)ccc12.C=C1CCCN1Cc1nc2c([nH]1)c(N)nc1cc(-c3ccc(CO)cc3)ccc12.C=C1CCCN1Cc1nc2c([nH]1)c(N)nc1cc(-c3cccc(OC)c3)ccc12.C=C1CCCN1Cc1nc2c([nH]1)c(N)nc1cc(-c3cccs3)ccc12.C=C1CCCN1Cc1nc2c([nH]1)c(N)nc1cc(-c3ccsc3)ccc12. The Hall–Kier alpha value is -16.0. The highest BCUT2D eigenvalue weighted by Gasteiger charge is 2.27. The number of pyridine rings is 5. The number of nitrogens with two attached hydrogens (primary N) is 5. The number of fused-ring (bicyclic) bond motifs is 15. The molecule has 12 aromatic heterocycles. The molecular weight excluding hydrogens is 1760 g/mol. The summed E-state index contributed by atoms with van der Waals surface area (Å²) in [5, 5.41) is 20.6. The first kappa shape index (κ1) is 88.6. The molecule has 0 bridgehead atoms. The fraction of sp³-hybridized carbons (Fsp3) is 0.211. The van der Waals surface area contributed by atoms with Crippen LogP contribution in [0.1, 0.15) is 104 Å². The summed E-state index contributed by atoms with van der Waals surface area (Å²) in [7, 11) is 1.67. The van der Waals surface area contributed by atoms with Gasteiger partial charge in [-0.3, -0.25) is 0 Å². The molecule has 0 amide bonds. The quantitative estimate of drug-likeness (QED) is 0.0403. The van der Waals surface area contributed by atoms with Crippen molar-refractivity contribution in [2.45, 2.75) is 110 Å². The third-order valence-electron chi connectivity index (χ3n) is 26.8. The summed E-state index contributed by atoms with van der Waals surface area (Å²) in [5.41, 5.74) is 62.0. The molecule has 0 unspecified atom stereocenters. The molecule has 16 N–H and O–H groups in total. The number of nitrogens with zero attached hydrogens (tertiary/aromatic N) is 15. The van der Waals surface area contributed by atoms with Crippen molar-refractivity contribution in [1.82, 2.24) is 99.3 Å². The van der Waals surface area contributed by atoms with Crippen molar-refractivity contribution in [3.05, 3.63) is 300 Å². The van der Waals surface area contributed by atoms with Crippen molar-refractivity contribution in [1.29, 1.82) is 0 Å². The van der Waals surface area contributed by atoms with Crippen molar-refractivity contribution >= 4 is 161 Å². The molecule has 0 atom stereocenters. The van der Waals surface area contributed by atoms with Crippen LogP contribution in [0, 0.1) is 6.92 Å². The number of nitrogen functional groups attached to an aromatic ring is 5. The highest BCUT2D eigenvalue weighted by atomic mass is 32.1. The lowest BCUT2D eigenvalue weighted by Gasteiger charge is -2.16. The number of benzene rings is 8. The molecule has 5 saturated heterocycles. The maximum absolute atomic E-state index is 9.24. The van der Waals surface area contributed by atoms with E-state index in [0.29, 0.717) is 35.6 Å². The molecule has 0 saturated carbocycles. The number of thiophene rings is 2. The molecule has 5 aliphatic rings. The Labute approximate surface area is 804 Å². The molecule has 27 nitrogen and oxygen atoms in total. The lowest BCUT2D eigenvalue weighted by molar-refractivity contribution is 0.282. The molecule has 5 fully saturated rings. The van der Waals surface area contributed by atoms with E-state index >= 15 is 0 Å². The lowest BCUT2D eigenvalue weighted by Crippen LogP contribution is -2.17. The number of anilines is 5. The zero-order chi connectivity index (χ0) is 94.5. The standard InChI is InChI=1S/2C23H23N5O.C23H23N5.2C20H19N5S/c1-14-5-4-10-28(14)13-20-26-21-18-9-8-16(15-6-3-7-17(11-15)29-2)12-19(18)25-23(24)22(21)27-20;1-14-3-2-10-28(14)12-20-26-21-18-9-8-17(16-6-4-15(13-29)5-7-16)11-19(18)25-23(24)22(21)27-20;1-14-5-7-16(8-6-14)17-9-10-18-19(12-17)25-23(24)22-21(18)26-20(27-22)13-28-11-3-4-15(28)2;1-12-4-2-8-25(12)11-17-23-18-14-7-6-13(16-5-3-9-26-16)10-15(14)22-20(21)19(18)24-17;1-12-3-2-7-25(12)10-17-23-18-15-5-4-13(14-6-8-26-11-14)9-16(15)22-20(21)19(18)24-17/h3,6-9,11-12H,1,4-5,10,13H2,2H3,(H2,24,25)(H,26,27);4-9,11,29H,1-3,10,12-13H2,(H2,24,25)(H,26,27);5-10,12H,2-4,11,13H2,1H3,(H2,24,25)(H,26,27);3,5-7,9-10H,1-2,4,8,11H2,(H2,21,22)(H,23,24);4-6,8-9,11H,1-3,7,10H2,(H2,21,22)(H,23,24). The molecule has 5 aliphatic heterocycles. The number of nitrogens with one attached hydrogen (secondary N) is 5. The first-order valence-electron chi connectivity index (χ1n) is 46.7. The third kappa shape index (κ3) is 18.0. The number of ether oxygens (including phenoxy) is 1. The van der Waals surface area contributed by atoms with Crippen LogP contribution < -0.4 is 33.4 Å². The van der Waals surface area contributed by atoms with E-state index in [1.165, 1.54) is 50.1 Å². The number of aryl methyl sites for hydroxylation is 1. The number of hydrogen-bond acceptors (Lipinski definition) is 24. The highest BCUT2D eigenvalue weighted by molar-refractivity contribution is 7.13. The summed E-state index contributed by atoms with van der Waals surface area (Å²) in [5.74, 6) is 7.72. The molecule has 17 heterocycles. The van der Waals surface area contributed by atoms with Crippen LogP contribution in [0.4, 0.5) is 29.1 Å². The number of aliphatic hydroxyl groups is 1. The van der Waals surface area contributed by atoms with Crippen LogP contribution in [0.15, 0.2) is 260 Å². The van der Waals surface area contributed by atoms with Crippen LogP contribution in [0.3, 0.4) is 0 Å². The topological polar surface area (TPSA) is 384 Å². The minimum atomic E-state index is 0.0420. The van der Waals surface area contributed by atoms with Gasteiger partial charge in [-0.25, -0.2) is 49.8 Å². The van der Waals surface area contributed by atoms with E-state index in [0.717, 1.165) is 312 Å². The maximum atomic E-state index is 9.24. The van der Waals surface area contributed by atoms with E-state index in [9.17, 15) is 5.11 Å². The number of allylic oxidation sites excluding steroid dienone is 5. The summed E-state index contributed by atoms with van der Waals surface area (Å²) in [6.07, 6.45) is 11.1. The molecule has 8 aromatic carbocycles. The van der Waals surface area contributed by atoms with Crippen molar-refractivity contribution in [3.8, 4) is 60.7 Å². The molecule has 692 valence electrons. The molecule has 138 heavy (non-hydrogen) atoms. The Morgan fingerprint density at radius 3 is 0.935 bits per heavy atom. The smallest absolute Gasteiger partial charge is 0.150 e. The lowest BCUT2D eigenvalue weighted by atomic mass is 10.0. The van der Waals surface area contributed by atoms with Gasteiger partial charge in [-0.05, 0) is 228 Å². The second-order valence-corrected chi connectivity index (χ2v) is 37.8. The van der Waals surface area contributed by atoms with Gasteiger partial charge in [0.25, 0.3) is 0 Å². The van der Waals surface area contributed by atoms with Gasteiger partial charge in [0.05, 0.1) is 74.0 Å². The van der Waals surface area contributed by atoms with Crippen molar-refractivity contribution < 1.29 is 9.84 Å². The van der Waals surface area contributed by atoms with Gasteiger partial charge in [0.15, 0.2) is 0 Å². The molecular formula is C109H107N25O2S2. The Morgan fingerprint density at radius 1 is 0.333 bits per heavy atom. The summed E-state index contributed by atoms with van der Waals surface area (Å²) in [6.45, 7) is 31.6. The number of imidazole rings is 5. The number of aromatic amines is 5. The third-order valence-corrected chi connectivity index (χ3v) is 28.4. The zero-order valence-electron chi connectivity index (χ0n) is 77.2. The largest absolute Gasteiger partial charge is 0.497 e. The van der Waals surface area contributed by atoms with Crippen molar-refractivity contribution in [2.75, 3.05) is 68.5 Å². The van der Waals surface area contributed by atoms with Gasteiger partial charge < -0.3 is 87.9 Å². The van der Waals surface area contributed by atoms with Crippen LogP contribution in [0.2, 0.25) is 0 Å². The van der Waals surface area contributed by atoms with E-state index in [1.807, 2.05) is 48.5 Å². The predicted molar refractivity (Wildman–Crippen MR) is 563 cm³/mol. The van der Waals surface area contributed by atoms with Gasteiger partial charge >= 0.3 is 0 Å². The minimum absolute atomic E-state index is 0.0420. The number of rotatable bonds is 17. The number of aliphatic hydroxyl groups excluding tert-OH is 1. The Morgan fingerprint density at radius 2 is 0.638 bits per heavy atom. The summed E-state index contributed by atoms with van der Waals surface area (Å²) in [6, 6.07) is 61.9. The number of hydrogen-bond donors (Lipinski definition) is 11. The molecule has 0 aliphatic carbocycles. The number of H-pyrrole nitrogens is 5. The van der Waals surface area contributed by atoms with E-state index in [-0.39, 0.29) is 6.61 Å². The second-order valence-electron chi connectivity index (χ2n) is 36.1. The number of methoxy groups -OCH3 is 1. The van der Waals surface area contributed by atoms with Gasteiger partial charge in [0, 0.05) is 93.0 Å². The minimum Gasteiger partial charge on any atom is -0.497 e. The Bertz CT molecular complexity index is 7950. The highest BCUT2D eigenvalue weighted by Crippen LogP contribution is 2.40. The van der Waals surface area contributed by atoms with E-state index in [2.05, 4.69) is 264 Å². The first-order chi connectivity index (χ1) is 67.2. The zero-order valence-corrected chi connectivity index (χ0v) is 78.8. The van der Waals surface area contributed by atoms with E-state index < -0.39 is 0 Å². The number of aromatic nitrogens is 15. The van der Waals surface area contributed by atoms with Gasteiger partial charge in [-0.15, -0.1) is 11.3 Å². The normalized spacial score (nSPS) is 14.5. The van der Waals surface area contributed by atoms with Crippen molar-refractivity contribution in [3.63, 3.8) is 0 Å². The van der Waals surface area contributed by atoms with Gasteiger partial charge in [-0.2, -0.15) is 11.3 Å². The van der Waals surface area contributed by atoms with E-state index in [1.54, 1.807) is 29.8 Å². The average molecular weight is 1860 g/mol. The molecule has 0 radical (unpaired) electrons. The summed E-state index contributed by atoms with van der Waals surface area (Å²) < 4.78 is 5.35. The maximum Gasteiger partial charge on any atom is 0.150 e. The molecule has 0 spiro atoms. The van der Waals surface area contributed by atoms with Crippen LogP contribution in [-0.2, 0) is 39.3 Å². The first-order valence-corrected chi connectivity index (χ1v) is 48.5. The summed E-state index contributed by atoms with van der Waals surface area (Å²) in [4.78, 5) is 76.8. The van der Waals surface area contributed by atoms with Crippen LogP contribution in [-0.4, -0.2) is 144 Å². The second kappa shape index (κ2) is 37.7. The van der Waals surface area contributed by atoms with Crippen LogP contribution in [0.5, 0.6) is 5.75 Å². The van der Waals surface area contributed by atoms with Crippen LogP contribution >= 0.6 is 22.7 Å². The Kier molecular flexibility index (Phi) is 24.2. The molecule has 25 rings (SSSR count). The van der Waals surface area contributed by atoms with Gasteiger partial charge in [0.1, 0.15) is 119 Å². The average Bonchev–Trinajstić information content (AvgIpc) is 1.61. The fourth-order valence-corrected chi connectivity index (χ4v) is 20.7. The van der Waals surface area contributed by atoms with Crippen LogP contribution in [0.25, 0.3) is 165 Å². The van der Waals surface area contributed by atoms with Gasteiger partial charge in [0.2, 0.25) is 0 Å². The predicted octanol–water partition coefficient (Wildman–Crippen LogP) is 22.3. The molecule has 29 heteroatoms. The Balaban J connectivity index is 0.000000103. The monoisotopic (exact) mass is 1860 g/mol. The van der Waals surface area contributed by atoms with Crippen molar-refractivity contribution in [2.24, 2.45) is 0 Å². The number of likely N-dealkylation sites (tertiary alicyclic amines) is 5.